The Labute approximate surface area is 208 Å². The number of hydrogen-bond acceptors (Lipinski definition) is 4. The topological polar surface area (TPSA) is 87.5 Å². The standard InChI is InChI=1S/C27H39N5O3/c1-19(2)26(29-21(4)33)27(35)31-15-11-22(12-16-31)24(17-23-10-7-6-9-20(23)3)30(5)25(34)18-32-14-8-13-28-32/h6-10,13-14,19,22,24,26H,11-12,15-18H2,1-5H3,(H,29,33)/t24-,26-/m1/s1. The molecule has 8 heteroatoms. The Bertz CT molecular complexity index is 996. The average Bonchev–Trinajstić information content (AvgIpc) is 3.34. The second kappa shape index (κ2) is 12.0. The third-order valence-corrected chi connectivity index (χ3v) is 7.12. The first-order chi connectivity index (χ1) is 16.7. The Morgan fingerprint density at radius 2 is 1.83 bits per heavy atom. The summed E-state index contributed by atoms with van der Waals surface area (Å²) < 4.78 is 1.65. The van der Waals surface area contributed by atoms with Gasteiger partial charge in [0.2, 0.25) is 17.7 Å². The molecule has 1 aromatic heterocycles. The Kier molecular flexibility index (Phi) is 9.07. The van der Waals surface area contributed by atoms with Crippen molar-refractivity contribution in [3.05, 3.63) is 53.9 Å². The van der Waals surface area contributed by atoms with E-state index < -0.39 is 6.04 Å². The number of carbonyl (C=O) groups is 3. The first-order valence-corrected chi connectivity index (χ1v) is 12.5. The molecule has 8 nitrogen and oxygen atoms in total. The van der Waals surface area contributed by atoms with Crippen molar-refractivity contribution in [1.29, 1.82) is 0 Å². The van der Waals surface area contributed by atoms with E-state index in [4.69, 9.17) is 0 Å². The SMILES string of the molecule is CC(=O)N[C@@H](C(=O)N1CCC([C@@H](Cc2ccccc2C)N(C)C(=O)Cn2cccn2)CC1)C(C)C. The summed E-state index contributed by atoms with van der Waals surface area (Å²) >= 11 is 0. The van der Waals surface area contributed by atoms with Gasteiger partial charge in [-0.1, -0.05) is 38.1 Å². The summed E-state index contributed by atoms with van der Waals surface area (Å²) in [4.78, 5) is 41.7. The van der Waals surface area contributed by atoms with Crippen molar-refractivity contribution in [2.75, 3.05) is 20.1 Å². The summed E-state index contributed by atoms with van der Waals surface area (Å²) in [5.74, 6) is 0.0959. The van der Waals surface area contributed by atoms with Gasteiger partial charge in [-0.05, 0) is 55.2 Å². The van der Waals surface area contributed by atoms with Gasteiger partial charge in [0.05, 0.1) is 0 Å². The van der Waals surface area contributed by atoms with Gasteiger partial charge in [-0.15, -0.1) is 0 Å². The number of rotatable bonds is 9. The number of aromatic nitrogens is 2. The number of amides is 3. The van der Waals surface area contributed by atoms with Crippen LogP contribution in [0.1, 0.15) is 44.7 Å². The van der Waals surface area contributed by atoms with Crippen molar-refractivity contribution in [1.82, 2.24) is 24.9 Å². The number of nitrogens with one attached hydrogen (secondary N) is 1. The maximum atomic E-state index is 13.2. The van der Waals surface area contributed by atoms with Gasteiger partial charge < -0.3 is 15.1 Å². The van der Waals surface area contributed by atoms with E-state index in [0.717, 1.165) is 19.3 Å². The lowest BCUT2D eigenvalue weighted by molar-refractivity contribution is -0.140. The van der Waals surface area contributed by atoms with Gasteiger partial charge >= 0.3 is 0 Å². The highest BCUT2D eigenvalue weighted by Crippen LogP contribution is 2.28. The molecule has 0 spiro atoms. The number of likely N-dealkylation sites (tertiary alicyclic amines) is 1. The molecule has 1 N–H and O–H groups in total. The Morgan fingerprint density at radius 3 is 2.40 bits per heavy atom. The maximum Gasteiger partial charge on any atom is 0.245 e. The van der Waals surface area contributed by atoms with Crippen LogP contribution in [0.3, 0.4) is 0 Å². The van der Waals surface area contributed by atoms with E-state index in [9.17, 15) is 14.4 Å². The molecular formula is C27H39N5O3. The molecule has 2 heterocycles. The molecule has 1 saturated heterocycles. The maximum absolute atomic E-state index is 13.2. The number of nitrogens with zero attached hydrogens (tertiary/aromatic N) is 4. The highest BCUT2D eigenvalue weighted by molar-refractivity contribution is 5.87. The van der Waals surface area contributed by atoms with Crippen LogP contribution < -0.4 is 5.32 Å². The van der Waals surface area contributed by atoms with Crippen LogP contribution in [0.4, 0.5) is 0 Å². The van der Waals surface area contributed by atoms with Gasteiger partial charge in [-0.25, -0.2) is 0 Å². The van der Waals surface area contributed by atoms with E-state index in [0.29, 0.717) is 13.1 Å². The average molecular weight is 482 g/mol. The third kappa shape index (κ3) is 6.93. The van der Waals surface area contributed by atoms with Crippen molar-refractivity contribution >= 4 is 17.7 Å². The normalized spacial score (nSPS) is 16.1. The Morgan fingerprint density at radius 1 is 1.14 bits per heavy atom. The molecule has 3 amide bonds. The highest BCUT2D eigenvalue weighted by Gasteiger charge is 2.35. The minimum atomic E-state index is -0.509. The van der Waals surface area contributed by atoms with Gasteiger partial charge in [0.25, 0.3) is 0 Å². The fourth-order valence-corrected chi connectivity index (χ4v) is 4.95. The number of hydrogen-bond donors (Lipinski definition) is 1. The van der Waals surface area contributed by atoms with Crippen molar-refractivity contribution in [2.24, 2.45) is 11.8 Å². The zero-order chi connectivity index (χ0) is 25.5. The molecular weight excluding hydrogens is 442 g/mol. The van der Waals surface area contributed by atoms with Crippen LogP contribution >= 0.6 is 0 Å². The Balaban J connectivity index is 1.73. The summed E-state index contributed by atoms with van der Waals surface area (Å²) in [6, 6.07) is 9.64. The number of carbonyl (C=O) groups excluding carboxylic acids is 3. The number of benzene rings is 1. The summed E-state index contributed by atoms with van der Waals surface area (Å²) in [7, 11) is 1.89. The molecule has 1 aromatic carbocycles. The highest BCUT2D eigenvalue weighted by atomic mass is 16.2. The first kappa shape index (κ1) is 26.4. The molecule has 0 unspecified atom stereocenters. The van der Waals surface area contributed by atoms with E-state index in [2.05, 4.69) is 29.5 Å². The fraction of sp³-hybridized carbons (Fsp3) is 0.556. The summed E-state index contributed by atoms with van der Waals surface area (Å²) in [6.07, 6.45) is 5.87. The molecule has 0 saturated carbocycles. The fourth-order valence-electron chi connectivity index (χ4n) is 4.95. The summed E-state index contributed by atoms with van der Waals surface area (Å²) in [5, 5.41) is 7.00. The van der Waals surface area contributed by atoms with Crippen LogP contribution in [-0.4, -0.2) is 69.5 Å². The van der Waals surface area contributed by atoms with Gasteiger partial charge in [0.15, 0.2) is 0 Å². The lowest BCUT2D eigenvalue weighted by Crippen LogP contribution is -2.54. The lowest BCUT2D eigenvalue weighted by atomic mass is 9.84. The van der Waals surface area contributed by atoms with Gasteiger partial charge in [0, 0.05) is 45.5 Å². The molecule has 35 heavy (non-hydrogen) atoms. The monoisotopic (exact) mass is 481 g/mol. The largest absolute Gasteiger partial charge is 0.344 e. The molecule has 190 valence electrons. The van der Waals surface area contributed by atoms with Crippen LogP contribution in [0.5, 0.6) is 0 Å². The minimum absolute atomic E-state index is 0.0176. The molecule has 3 rings (SSSR count). The van der Waals surface area contributed by atoms with Crippen molar-refractivity contribution < 1.29 is 14.4 Å². The van der Waals surface area contributed by atoms with E-state index in [1.165, 1.54) is 18.1 Å². The molecule has 1 aliphatic rings. The number of piperidine rings is 1. The van der Waals surface area contributed by atoms with E-state index in [1.807, 2.05) is 48.9 Å². The van der Waals surface area contributed by atoms with E-state index >= 15 is 0 Å². The van der Waals surface area contributed by atoms with Crippen molar-refractivity contribution in [3.63, 3.8) is 0 Å². The molecule has 2 atom stereocenters. The van der Waals surface area contributed by atoms with Crippen LogP contribution in [0, 0.1) is 18.8 Å². The molecule has 0 radical (unpaired) electrons. The van der Waals surface area contributed by atoms with E-state index in [-0.39, 0.29) is 42.1 Å². The van der Waals surface area contributed by atoms with Gasteiger partial charge in [-0.3, -0.25) is 19.1 Å². The smallest absolute Gasteiger partial charge is 0.245 e. The summed E-state index contributed by atoms with van der Waals surface area (Å²) in [6.45, 7) is 8.90. The number of aryl methyl sites for hydroxylation is 1. The van der Waals surface area contributed by atoms with Crippen LogP contribution in [0.25, 0.3) is 0 Å². The predicted molar refractivity (Wildman–Crippen MR) is 135 cm³/mol. The quantitative estimate of drug-likeness (QED) is 0.597. The van der Waals surface area contributed by atoms with E-state index in [1.54, 1.807) is 17.1 Å². The van der Waals surface area contributed by atoms with Gasteiger partial charge in [-0.2, -0.15) is 5.10 Å². The van der Waals surface area contributed by atoms with Crippen LogP contribution in [0.15, 0.2) is 42.7 Å². The number of likely N-dealkylation sites (N-methyl/N-ethyl adjacent to an activating group) is 1. The molecule has 1 fully saturated rings. The van der Waals surface area contributed by atoms with Crippen molar-refractivity contribution in [2.45, 2.75) is 65.6 Å². The predicted octanol–water partition coefficient (Wildman–Crippen LogP) is 2.66. The minimum Gasteiger partial charge on any atom is -0.344 e. The second-order valence-corrected chi connectivity index (χ2v) is 9.99. The molecule has 1 aliphatic heterocycles. The zero-order valence-electron chi connectivity index (χ0n) is 21.6. The molecule has 2 aromatic rings. The van der Waals surface area contributed by atoms with Gasteiger partial charge in [0.1, 0.15) is 12.6 Å². The second-order valence-electron chi connectivity index (χ2n) is 9.99. The van der Waals surface area contributed by atoms with Crippen molar-refractivity contribution in [3.8, 4) is 0 Å². The first-order valence-electron chi connectivity index (χ1n) is 12.5. The lowest BCUT2D eigenvalue weighted by Gasteiger charge is -2.41. The molecule has 0 aliphatic carbocycles. The molecule has 0 bridgehead atoms. The van der Waals surface area contributed by atoms with Crippen LogP contribution in [0.2, 0.25) is 0 Å². The Hall–Kier alpha value is -3.16. The summed E-state index contributed by atoms with van der Waals surface area (Å²) in [5.41, 5.74) is 2.45. The van der Waals surface area contributed by atoms with Crippen LogP contribution in [-0.2, 0) is 27.3 Å². The zero-order valence-corrected chi connectivity index (χ0v) is 21.6. The third-order valence-electron chi connectivity index (χ3n) is 7.12.